The van der Waals surface area contributed by atoms with E-state index in [1.54, 1.807) is 24.3 Å². The monoisotopic (exact) mass is 234 g/mol. The van der Waals surface area contributed by atoms with Crippen LogP contribution in [0.25, 0.3) is 0 Å². The van der Waals surface area contributed by atoms with Crippen LogP contribution in [0.1, 0.15) is 23.2 Å². The van der Waals surface area contributed by atoms with Crippen molar-refractivity contribution in [2.75, 3.05) is 6.61 Å². The molecule has 0 radical (unpaired) electrons. The Morgan fingerprint density at radius 2 is 1.94 bits per heavy atom. The van der Waals surface area contributed by atoms with Crippen molar-refractivity contribution in [1.29, 1.82) is 0 Å². The van der Waals surface area contributed by atoms with E-state index in [0.29, 0.717) is 17.4 Å². The van der Waals surface area contributed by atoms with Gasteiger partial charge in [0.15, 0.2) is 6.61 Å². The van der Waals surface area contributed by atoms with Gasteiger partial charge in [0, 0.05) is 11.6 Å². The van der Waals surface area contributed by atoms with Crippen LogP contribution < -0.4 is 15.8 Å². The summed E-state index contributed by atoms with van der Waals surface area (Å²) in [5, 5.41) is 2.89. The zero-order chi connectivity index (χ0) is 12.3. The Morgan fingerprint density at radius 1 is 1.29 bits per heavy atom. The lowest BCUT2D eigenvalue weighted by Gasteiger charge is -2.05. The van der Waals surface area contributed by atoms with Gasteiger partial charge in [0.05, 0.1) is 0 Å². The van der Waals surface area contributed by atoms with E-state index in [1.165, 1.54) is 0 Å². The lowest BCUT2D eigenvalue weighted by molar-refractivity contribution is -0.119. The first kappa shape index (κ1) is 11.4. The summed E-state index contributed by atoms with van der Waals surface area (Å²) in [6.45, 7) is -0.159. The first-order chi connectivity index (χ1) is 8.15. The van der Waals surface area contributed by atoms with E-state index >= 15 is 0 Å². The Balaban J connectivity index is 1.91. The highest BCUT2D eigenvalue weighted by molar-refractivity contribution is 5.94. The van der Waals surface area contributed by atoms with Crippen molar-refractivity contribution in [1.82, 2.24) is 5.32 Å². The summed E-state index contributed by atoms with van der Waals surface area (Å²) in [6, 6.07) is 6.95. The van der Waals surface area contributed by atoms with Crippen LogP contribution >= 0.6 is 0 Å². The summed E-state index contributed by atoms with van der Waals surface area (Å²) < 4.78 is 5.09. The molecule has 0 spiro atoms. The van der Waals surface area contributed by atoms with Gasteiger partial charge in [-0.25, -0.2) is 0 Å². The molecule has 1 aliphatic rings. The highest BCUT2D eigenvalue weighted by Gasteiger charge is 2.23. The third-order valence-electron chi connectivity index (χ3n) is 2.41. The molecule has 5 heteroatoms. The van der Waals surface area contributed by atoms with Gasteiger partial charge < -0.3 is 15.8 Å². The van der Waals surface area contributed by atoms with Crippen LogP contribution in [-0.2, 0) is 4.79 Å². The molecule has 3 N–H and O–H groups in total. The molecule has 1 aromatic rings. The molecule has 2 rings (SSSR count). The van der Waals surface area contributed by atoms with Gasteiger partial charge in [-0.2, -0.15) is 0 Å². The third-order valence-corrected chi connectivity index (χ3v) is 2.41. The summed E-state index contributed by atoms with van der Waals surface area (Å²) in [6.07, 6.45) is 2.12. The first-order valence-electron chi connectivity index (χ1n) is 5.47. The molecule has 1 aromatic carbocycles. The number of rotatable bonds is 5. The molecule has 0 aliphatic heterocycles. The lowest BCUT2D eigenvalue weighted by atomic mass is 10.2. The van der Waals surface area contributed by atoms with Crippen LogP contribution in [-0.4, -0.2) is 24.5 Å². The second-order valence-corrected chi connectivity index (χ2v) is 4.03. The summed E-state index contributed by atoms with van der Waals surface area (Å²) >= 11 is 0. The van der Waals surface area contributed by atoms with Gasteiger partial charge in [-0.3, -0.25) is 9.59 Å². The Kier molecular flexibility index (Phi) is 3.27. The summed E-state index contributed by atoms with van der Waals surface area (Å²) in [7, 11) is 0. The van der Waals surface area contributed by atoms with Gasteiger partial charge in [-0.05, 0) is 37.1 Å². The summed E-state index contributed by atoms with van der Waals surface area (Å²) in [4.78, 5) is 22.2. The van der Waals surface area contributed by atoms with Gasteiger partial charge in [0.25, 0.3) is 11.8 Å². The molecule has 1 saturated carbocycles. The molecule has 1 aliphatic carbocycles. The second-order valence-electron chi connectivity index (χ2n) is 4.03. The van der Waals surface area contributed by atoms with Gasteiger partial charge in [-0.15, -0.1) is 0 Å². The van der Waals surface area contributed by atoms with Crippen LogP contribution in [0.3, 0.4) is 0 Å². The van der Waals surface area contributed by atoms with Crippen LogP contribution in [0, 0.1) is 0 Å². The highest BCUT2D eigenvalue weighted by Crippen LogP contribution is 2.19. The molecule has 0 saturated heterocycles. The maximum atomic E-state index is 11.6. The fourth-order valence-corrected chi connectivity index (χ4v) is 1.35. The zero-order valence-corrected chi connectivity index (χ0v) is 9.31. The Bertz CT molecular complexity index is 424. The smallest absolute Gasteiger partial charge is 0.255 e. The van der Waals surface area contributed by atoms with E-state index in [9.17, 15) is 9.59 Å². The average Bonchev–Trinajstić information content (AvgIpc) is 3.11. The number of primary amides is 1. The molecule has 0 atom stereocenters. The number of nitrogens with two attached hydrogens (primary N) is 1. The van der Waals surface area contributed by atoms with E-state index < -0.39 is 5.91 Å². The normalized spacial score (nSPS) is 14.1. The molecular weight excluding hydrogens is 220 g/mol. The molecule has 2 amide bonds. The Hall–Kier alpha value is -2.04. The number of amides is 2. The van der Waals surface area contributed by atoms with Crippen molar-refractivity contribution in [2.24, 2.45) is 5.73 Å². The van der Waals surface area contributed by atoms with Crippen LogP contribution in [0.15, 0.2) is 24.3 Å². The van der Waals surface area contributed by atoms with E-state index in [-0.39, 0.29) is 12.5 Å². The topological polar surface area (TPSA) is 81.4 Å². The molecule has 0 unspecified atom stereocenters. The SMILES string of the molecule is NC(=O)COc1ccc(C(=O)NC2CC2)cc1. The second kappa shape index (κ2) is 4.86. The minimum Gasteiger partial charge on any atom is -0.484 e. The fraction of sp³-hybridized carbons (Fsp3) is 0.333. The molecular formula is C12H14N2O3. The summed E-state index contributed by atoms with van der Waals surface area (Å²) in [5.74, 6) is -0.0822. The molecule has 90 valence electrons. The number of hydrogen-bond acceptors (Lipinski definition) is 3. The van der Waals surface area contributed by atoms with E-state index in [4.69, 9.17) is 10.5 Å². The van der Waals surface area contributed by atoms with E-state index in [0.717, 1.165) is 12.8 Å². The lowest BCUT2D eigenvalue weighted by Crippen LogP contribution is -2.25. The molecule has 0 bridgehead atoms. The number of ether oxygens (including phenoxy) is 1. The fourth-order valence-electron chi connectivity index (χ4n) is 1.35. The van der Waals surface area contributed by atoms with Crippen molar-refractivity contribution in [3.8, 4) is 5.75 Å². The van der Waals surface area contributed by atoms with Crippen LogP contribution in [0.5, 0.6) is 5.75 Å². The van der Waals surface area contributed by atoms with Crippen molar-refractivity contribution in [2.45, 2.75) is 18.9 Å². The van der Waals surface area contributed by atoms with E-state index in [2.05, 4.69) is 5.32 Å². The van der Waals surface area contributed by atoms with Crippen molar-refractivity contribution in [3.63, 3.8) is 0 Å². The maximum Gasteiger partial charge on any atom is 0.255 e. The number of nitrogens with one attached hydrogen (secondary N) is 1. The predicted molar refractivity (Wildman–Crippen MR) is 61.6 cm³/mol. The Labute approximate surface area is 98.9 Å². The largest absolute Gasteiger partial charge is 0.484 e. The van der Waals surface area contributed by atoms with Crippen molar-refractivity contribution >= 4 is 11.8 Å². The standard InChI is InChI=1S/C12H14N2O3/c13-11(15)7-17-10-5-1-8(2-6-10)12(16)14-9-3-4-9/h1-2,5-6,9H,3-4,7H2,(H2,13,15)(H,14,16). The number of hydrogen-bond donors (Lipinski definition) is 2. The molecule has 1 fully saturated rings. The number of carbonyl (C=O) groups excluding carboxylic acids is 2. The van der Waals surface area contributed by atoms with Gasteiger partial charge in [0.2, 0.25) is 0 Å². The van der Waals surface area contributed by atoms with E-state index in [1.807, 2.05) is 0 Å². The highest BCUT2D eigenvalue weighted by atomic mass is 16.5. The van der Waals surface area contributed by atoms with Crippen molar-refractivity contribution in [3.05, 3.63) is 29.8 Å². The molecule has 17 heavy (non-hydrogen) atoms. The molecule has 0 heterocycles. The predicted octanol–water partition coefficient (Wildman–Crippen LogP) is 0.443. The minimum absolute atomic E-state index is 0.0750. The third kappa shape index (κ3) is 3.48. The number of carbonyl (C=O) groups is 2. The van der Waals surface area contributed by atoms with Crippen molar-refractivity contribution < 1.29 is 14.3 Å². The maximum absolute atomic E-state index is 11.6. The minimum atomic E-state index is -0.527. The molecule has 0 aromatic heterocycles. The van der Waals surface area contributed by atoms with Crippen LogP contribution in [0.2, 0.25) is 0 Å². The van der Waals surface area contributed by atoms with Gasteiger partial charge in [0.1, 0.15) is 5.75 Å². The summed E-state index contributed by atoms with van der Waals surface area (Å²) in [5.41, 5.74) is 5.54. The number of benzene rings is 1. The first-order valence-corrected chi connectivity index (χ1v) is 5.47. The quantitative estimate of drug-likeness (QED) is 0.775. The average molecular weight is 234 g/mol. The van der Waals surface area contributed by atoms with Gasteiger partial charge >= 0.3 is 0 Å². The molecule has 5 nitrogen and oxygen atoms in total. The Morgan fingerprint density at radius 3 is 2.47 bits per heavy atom. The van der Waals surface area contributed by atoms with Gasteiger partial charge in [-0.1, -0.05) is 0 Å². The zero-order valence-electron chi connectivity index (χ0n) is 9.31. The van der Waals surface area contributed by atoms with Crippen LogP contribution in [0.4, 0.5) is 0 Å².